The second-order valence-electron chi connectivity index (χ2n) is 5.96. The largest absolute Gasteiger partial charge is 0.392 e. The van der Waals surface area contributed by atoms with Gasteiger partial charge in [-0.05, 0) is 24.1 Å². The summed E-state index contributed by atoms with van der Waals surface area (Å²) < 4.78 is 25.6. The van der Waals surface area contributed by atoms with Crippen LogP contribution in [0, 0.1) is 5.41 Å². The summed E-state index contributed by atoms with van der Waals surface area (Å²) in [5, 5.41) is 14.0. The summed E-state index contributed by atoms with van der Waals surface area (Å²) in [6, 6.07) is 14.4. The van der Waals surface area contributed by atoms with Gasteiger partial charge in [0.1, 0.15) is 6.61 Å². The number of rotatable bonds is 9. The predicted molar refractivity (Wildman–Crippen MR) is 119 cm³/mol. The molecule has 0 bridgehead atoms. The number of hydrogen-bond acceptors (Lipinski definition) is 5. The van der Waals surface area contributed by atoms with Crippen LogP contribution < -0.4 is 5.32 Å². The molecule has 156 valence electrons. The summed E-state index contributed by atoms with van der Waals surface area (Å²) in [5.74, 6) is -0.692. The maximum atomic E-state index is 12.8. The monoisotopic (exact) mass is 429 g/mol. The molecule has 0 spiro atoms. The number of anilines is 1. The van der Waals surface area contributed by atoms with Gasteiger partial charge in [-0.1, -0.05) is 72.0 Å². The molecule has 0 aliphatic carbocycles. The number of nitrogens with one attached hydrogen (secondary N) is 2. The normalized spacial score (nSPS) is 11.5. The lowest BCUT2D eigenvalue weighted by molar-refractivity contribution is -0.112. The average molecular weight is 429 g/mol. The molecule has 0 fully saturated rings. The van der Waals surface area contributed by atoms with Crippen LogP contribution in [0.3, 0.4) is 0 Å². The van der Waals surface area contributed by atoms with Crippen LogP contribution in [-0.2, 0) is 9.63 Å². The van der Waals surface area contributed by atoms with Crippen LogP contribution in [0.2, 0.25) is 0 Å². The SMILES string of the molecule is C=CCO/N=C/c1ccc(-c2ccccc2NC(=O)/C(=C\C(F)F)SC(C)=N)cc1. The minimum absolute atomic E-state index is 0.0414. The topological polar surface area (TPSA) is 74.5 Å². The second kappa shape index (κ2) is 11.7. The summed E-state index contributed by atoms with van der Waals surface area (Å²) in [6.45, 7) is 5.28. The van der Waals surface area contributed by atoms with E-state index < -0.39 is 12.3 Å². The summed E-state index contributed by atoms with van der Waals surface area (Å²) in [6.07, 6.45) is 0.912. The van der Waals surface area contributed by atoms with Crippen LogP contribution in [0.1, 0.15) is 12.5 Å². The van der Waals surface area contributed by atoms with E-state index in [1.54, 1.807) is 24.4 Å². The van der Waals surface area contributed by atoms with E-state index in [9.17, 15) is 13.6 Å². The second-order valence-corrected chi connectivity index (χ2v) is 7.22. The van der Waals surface area contributed by atoms with Crippen molar-refractivity contribution in [3.63, 3.8) is 0 Å². The number of oxime groups is 1. The fraction of sp³-hybridized carbons (Fsp3) is 0.136. The third-order valence-electron chi connectivity index (χ3n) is 3.63. The fourth-order valence-electron chi connectivity index (χ4n) is 2.41. The van der Waals surface area contributed by atoms with Crippen molar-refractivity contribution in [2.75, 3.05) is 11.9 Å². The van der Waals surface area contributed by atoms with E-state index in [2.05, 4.69) is 17.1 Å². The number of hydrogen-bond donors (Lipinski definition) is 2. The lowest BCUT2D eigenvalue weighted by Gasteiger charge is -2.13. The molecule has 2 aromatic carbocycles. The van der Waals surface area contributed by atoms with Crippen LogP contribution >= 0.6 is 11.8 Å². The molecule has 5 nitrogen and oxygen atoms in total. The van der Waals surface area contributed by atoms with E-state index in [4.69, 9.17) is 10.2 Å². The van der Waals surface area contributed by atoms with Crippen molar-refractivity contribution in [3.05, 3.63) is 77.7 Å². The van der Waals surface area contributed by atoms with E-state index in [1.807, 2.05) is 36.4 Å². The van der Waals surface area contributed by atoms with Crippen LogP contribution in [0.25, 0.3) is 11.1 Å². The number of carbonyl (C=O) groups excluding carboxylic acids is 1. The summed E-state index contributed by atoms with van der Waals surface area (Å²) in [7, 11) is 0. The van der Waals surface area contributed by atoms with Gasteiger partial charge in [0.15, 0.2) is 0 Å². The van der Waals surface area contributed by atoms with Gasteiger partial charge in [-0.25, -0.2) is 8.78 Å². The molecule has 0 unspecified atom stereocenters. The number of nitrogens with zero attached hydrogens (tertiary/aromatic N) is 1. The third kappa shape index (κ3) is 7.29. The van der Waals surface area contributed by atoms with E-state index in [-0.39, 0.29) is 9.95 Å². The van der Waals surface area contributed by atoms with Gasteiger partial charge >= 0.3 is 0 Å². The summed E-state index contributed by atoms with van der Waals surface area (Å²) in [5.41, 5.74) is 2.85. The number of amides is 1. The highest BCUT2D eigenvalue weighted by Crippen LogP contribution is 2.29. The standard InChI is InChI=1S/C22H21F2N3O2S/c1-3-12-29-26-14-16-8-10-17(11-9-16)18-6-4-5-7-19(18)27-22(28)20(13-21(23)24)30-15(2)25/h3-11,13-14,21,25H,1,12H2,2H3,(H,27,28)/b20-13+,25-15?,26-14+. The smallest absolute Gasteiger partial charge is 0.262 e. The molecular weight excluding hydrogens is 408 g/mol. The van der Waals surface area contributed by atoms with E-state index in [0.717, 1.165) is 16.7 Å². The molecule has 2 aromatic rings. The van der Waals surface area contributed by atoms with Gasteiger partial charge in [0, 0.05) is 17.3 Å². The van der Waals surface area contributed by atoms with Crippen molar-refractivity contribution >= 4 is 34.6 Å². The van der Waals surface area contributed by atoms with Gasteiger partial charge < -0.3 is 10.2 Å². The predicted octanol–water partition coefficient (Wildman–Crippen LogP) is 5.71. The van der Waals surface area contributed by atoms with Crippen molar-refractivity contribution in [3.8, 4) is 11.1 Å². The first-order valence-electron chi connectivity index (χ1n) is 8.90. The Bertz CT molecular complexity index is 957. The van der Waals surface area contributed by atoms with Gasteiger partial charge in [-0.15, -0.1) is 0 Å². The van der Waals surface area contributed by atoms with Gasteiger partial charge in [0.25, 0.3) is 12.3 Å². The Hall–Kier alpha value is -3.26. The van der Waals surface area contributed by atoms with E-state index in [1.165, 1.54) is 6.92 Å². The Morgan fingerprint density at radius 1 is 1.27 bits per heavy atom. The molecule has 8 heteroatoms. The van der Waals surface area contributed by atoms with Gasteiger partial charge in [0.05, 0.1) is 16.2 Å². The first-order chi connectivity index (χ1) is 14.4. The van der Waals surface area contributed by atoms with Gasteiger partial charge in [-0.2, -0.15) is 0 Å². The third-order valence-corrected chi connectivity index (χ3v) is 4.48. The molecule has 0 atom stereocenters. The van der Waals surface area contributed by atoms with Crippen molar-refractivity contribution in [1.82, 2.24) is 0 Å². The van der Waals surface area contributed by atoms with Crippen molar-refractivity contribution < 1.29 is 18.4 Å². The summed E-state index contributed by atoms with van der Waals surface area (Å²) >= 11 is 0.690. The lowest BCUT2D eigenvalue weighted by atomic mass is 10.0. The number of thioether (sulfide) groups is 1. The highest BCUT2D eigenvalue weighted by Gasteiger charge is 2.16. The summed E-state index contributed by atoms with van der Waals surface area (Å²) in [4.78, 5) is 17.3. The Morgan fingerprint density at radius 3 is 2.60 bits per heavy atom. The molecule has 0 radical (unpaired) electrons. The molecule has 0 saturated carbocycles. The van der Waals surface area contributed by atoms with E-state index >= 15 is 0 Å². The van der Waals surface area contributed by atoms with E-state index in [0.29, 0.717) is 30.1 Å². The maximum absolute atomic E-state index is 12.8. The zero-order chi connectivity index (χ0) is 21.9. The zero-order valence-electron chi connectivity index (χ0n) is 16.3. The molecule has 0 saturated heterocycles. The number of allylic oxidation sites excluding steroid dienone is 1. The Labute approximate surface area is 178 Å². The van der Waals surface area contributed by atoms with Crippen molar-refractivity contribution in [1.29, 1.82) is 5.41 Å². The van der Waals surface area contributed by atoms with Gasteiger partial charge in [0.2, 0.25) is 0 Å². The molecule has 0 heterocycles. The zero-order valence-corrected chi connectivity index (χ0v) is 17.1. The Balaban J connectivity index is 2.23. The molecule has 0 aliphatic rings. The minimum atomic E-state index is -2.79. The molecule has 2 rings (SSSR count). The minimum Gasteiger partial charge on any atom is -0.392 e. The Kier molecular flexibility index (Phi) is 8.96. The fourth-order valence-corrected chi connectivity index (χ4v) is 3.05. The first-order valence-corrected chi connectivity index (χ1v) is 9.72. The average Bonchev–Trinajstić information content (AvgIpc) is 2.71. The highest BCUT2D eigenvalue weighted by atomic mass is 32.2. The quantitative estimate of drug-likeness (QED) is 0.134. The number of benzene rings is 2. The van der Waals surface area contributed by atoms with Crippen LogP contribution in [0.4, 0.5) is 14.5 Å². The van der Waals surface area contributed by atoms with Gasteiger partial charge in [-0.3, -0.25) is 10.2 Å². The molecular formula is C22H21F2N3O2S. The first kappa shape index (κ1) is 23.0. The number of halogens is 2. The molecule has 1 amide bonds. The number of alkyl halides is 2. The van der Waals surface area contributed by atoms with Crippen molar-refractivity contribution in [2.24, 2.45) is 5.16 Å². The maximum Gasteiger partial charge on any atom is 0.262 e. The highest BCUT2D eigenvalue weighted by molar-refractivity contribution is 8.17. The molecule has 0 aromatic heterocycles. The molecule has 2 N–H and O–H groups in total. The molecule has 30 heavy (non-hydrogen) atoms. The number of carbonyl (C=O) groups is 1. The Morgan fingerprint density at radius 2 is 1.97 bits per heavy atom. The molecule has 0 aliphatic heterocycles. The lowest BCUT2D eigenvalue weighted by Crippen LogP contribution is -2.15. The van der Waals surface area contributed by atoms with Crippen molar-refractivity contribution in [2.45, 2.75) is 13.3 Å². The van der Waals surface area contributed by atoms with Crippen LogP contribution in [-0.4, -0.2) is 30.2 Å². The van der Waals surface area contributed by atoms with Crippen LogP contribution in [0.5, 0.6) is 0 Å². The van der Waals surface area contributed by atoms with Crippen LogP contribution in [0.15, 0.2) is 77.3 Å². The number of para-hydroxylation sites is 1.